The third-order valence-corrected chi connectivity index (χ3v) is 6.86. The van der Waals surface area contributed by atoms with E-state index >= 15 is 0 Å². The third kappa shape index (κ3) is 3.88. The van der Waals surface area contributed by atoms with Crippen molar-refractivity contribution in [2.75, 3.05) is 22.4 Å². The minimum absolute atomic E-state index is 0.0488. The smallest absolute Gasteiger partial charge is 0.265 e. The lowest BCUT2D eigenvalue weighted by Gasteiger charge is -2.22. The molecule has 0 radical (unpaired) electrons. The number of anilines is 2. The molecule has 0 fully saturated rings. The van der Waals surface area contributed by atoms with Gasteiger partial charge in [0.15, 0.2) is 22.2 Å². The van der Waals surface area contributed by atoms with Crippen molar-refractivity contribution in [3.8, 4) is 5.75 Å². The van der Waals surface area contributed by atoms with Gasteiger partial charge in [0, 0.05) is 0 Å². The van der Waals surface area contributed by atoms with Crippen LogP contribution < -0.4 is 14.8 Å². The first-order valence-corrected chi connectivity index (χ1v) is 10.9. The number of carbonyl (C=O) groups is 1. The molecule has 144 valence electrons. The maximum atomic E-state index is 13.3. The minimum atomic E-state index is -4.34. The standard InChI is InChI=1S/C16H15FN2O6S2/c1-2-26(21,22)12-7-13-16(25-9-15(20)18-13)14(8-12)27(23,24)19-11-5-3-4-10(17)6-11/h3-8,19H,2,9H2,1H3,(H,18,20). The number of carbonyl (C=O) groups excluding carboxylic acids is 1. The summed E-state index contributed by atoms with van der Waals surface area (Å²) in [7, 11) is -8.11. The first-order chi connectivity index (χ1) is 12.6. The van der Waals surface area contributed by atoms with Crippen LogP contribution in [0.2, 0.25) is 0 Å². The number of nitrogens with one attached hydrogen (secondary N) is 2. The largest absolute Gasteiger partial charge is 0.480 e. The first kappa shape index (κ1) is 19.1. The van der Waals surface area contributed by atoms with Crippen molar-refractivity contribution in [3.63, 3.8) is 0 Å². The molecule has 0 atom stereocenters. The summed E-state index contributed by atoms with van der Waals surface area (Å²) in [5.74, 6) is -1.65. The van der Waals surface area contributed by atoms with Gasteiger partial charge in [-0.2, -0.15) is 0 Å². The Balaban J connectivity index is 2.17. The summed E-state index contributed by atoms with van der Waals surface area (Å²) >= 11 is 0. The zero-order chi connectivity index (χ0) is 19.8. The minimum Gasteiger partial charge on any atom is -0.480 e. The van der Waals surface area contributed by atoms with Gasteiger partial charge in [-0.15, -0.1) is 0 Å². The molecular weight excluding hydrogens is 399 g/mol. The van der Waals surface area contributed by atoms with Crippen LogP contribution in [0.4, 0.5) is 15.8 Å². The number of amides is 1. The van der Waals surface area contributed by atoms with Gasteiger partial charge in [-0.05, 0) is 30.3 Å². The van der Waals surface area contributed by atoms with E-state index in [-0.39, 0.29) is 27.8 Å². The number of halogens is 1. The van der Waals surface area contributed by atoms with Crippen molar-refractivity contribution < 1.29 is 30.8 Å². The van der Waals surface area contributed by atoms with Crippen molar-refractivity contribution in [2.45, 2.75) is 16.7 Å². The molecule has 2 aromatic carbocycles. The third-order valence-electron chi connectivity index (χ3n) is 3.76. The topological polar surface area (TPSA) is 119 Å². The van der Waals surface area contributed by atoms with E-state index in [0.29, 0.717) is 0 Å². The summed E-state index contributed by atoms with van der Waals surface area (Å²) in [4.78, 5) is 10.8. The van der Waals surface area contributed by atoms with E-state index in [2.05, 4.69) is 10.0 Å². The van der Waals surface area contributed by atoms with E-state index in [1.165, 1.54) is 19.1 Å². The Bertz CT molecular complexity index is 1130. The van der Waals surface area contributed by atoms with Gasteiger partial charge in [0.05, 0.1) is 22.0 Å². The van der Waals surface area contributed by atoms with Crippen LogP contribution in [-0.4, -0.2) is 35.1 Å². The molecule has 0 unspecified atom stereocenters. The van der Waals surface area contributed by atoms with Crippen LogP contribution in [0.15, 0.2) is 46.2 Å². The number of rotatable bonds is 5. The number of sulfone groups is 1. The van der Waals surface area contributed by atoms with Crippen molar-refractivity contribution in [2.24, 2.45) is 0 Å². The normalized spacial score (nSPS) is 14.1. The summed E-state index contributed by atoms with van der Waals surface area (Å²) in [6.07, 6.45) is 0. The van der Waals surface area contributed by atoms with Crippen molar-refractivity contribution >= 4 is 37.1 Å². The Hall–Kier alpha value is -2.66. The van der Waals surface area contributed by atoms with E-state index in [1.807, 2.05) is 0 Å². The maximum Gasteiger partial charge on any atom is 0.265 e. The van der Waals surface area contributed by atoms with Crippen LogP contribution in [0, 0.1) is 5.82 Å². The Morgan fingerprint density at radius 1 is 1.19 bits per heavy atom. The molecule has 8 nitrogen and oxygen atoms in total. The number of hydrogen-bond donors (Lipinski definition) is 2. The van der Waals surface area contributed by atoms with Gasteiger partial charge in [-0.1, -0.05) is 13.0 Å². The second-order valence-electron chi connectivity index (χ2n) is 5.65. The van der Waals surface area contributed by atoms with Crippen LogP contribution >= 0.6 is 0 Å². The molecule has 1 heterocycles. The summed E-state index contributed by atoms with van der Waals surface area (Å²) in [5.41, 5.74) is -0.118. The van der Waals surface area contributed by atoms with Gasteiger partial charge in [0.1, 0.15) is 10.7 Å². The van der Waals surface area contributed by atoms with Crippen LogP contribution in [-0.2, 0) is 24.7 Å². The maximum absolute atomic E-state index is 13.3. The van der Waals surface area contributed by atoms with Gasteiger partial charge >= 0.3 is 0 Å². The molecule has 0 aliphatic carbocycles. The number of ether oxygens (including phenoxy) is 1. The molecule has 1 amide bonds. The van der Waals surface area contributed by atoms with E-state index < -0.39 is 43.1 Å². The average Bonchev–Trinajstić information content (AvgIpc) is 2.60. The van der Waals surface area contributed by atoms with Crippen LogP contribution in [0.1, 0.15) is 6.92 Å². The highest BCUT2D eigenvalue weighted by Crippen LogP contribution is 2.38. The molecule has 3 rings (SSSR count). The van der Waals surface area contributed by atoms with E-state index in [1.54, 1.807) is 0 Å². The summed E-state index contributed by atoms with van der Waals surface area (Å²) in [6.45, 7) is 0.985. The molecule has 0 saturated carbocycles. The Morgan fingerprint density at radius 3 is 2.59 bits per heavy atom. The molecule has 0 aromatic heterocycles. The molecule has 0 spiro atoms. The van der Waals surface area contributed by atoms with Gasteiger partial charge in [-0.25, -0.2) is 21.2 Å². The lowest BCUT2D eigenvalue weighted by Crippen LogP contribution is -2.27. The Kier molecular flexibility index (Phi) is 4.82. The molecule has 2 aromatic rings. The number of hydrogen-bond acceptors (Lipinski definition) is 6. The second-order valence-corrected chi connectivity index (χ2v) is 9.58. The van der Waals surface area contributed by atoms with Gasteiger partial charge in [-0.3, -0.25) is 9.52 Å². The molecule has 1 aliphatic rings. The van der Waals surface area contributed by atoms with Crippen molar-refractivity contribution in [3.05, 3.63) is 42.2 Å². The highest BCUT2D eigenvalue weighted by Gasteiger charge is 2.30. The van der Waals surface area contributed by atoms with Crippen LogP contribution in [0.5, 0.6) is 5.75 Å². The monoisotopic (exact) mass is 414 g/mol. The van der Waals surface area contributed by atoms with Gasteiger partial charge in [0.25, 0.3) is 15.9 Å². The number of sulfonamides is 1. The second kappa shape index (κ2) is 6.82. The molecule has 1 aliphatic heterocycles. The average molecular weight is 414 g/mol. The number of fused-ring (bicyclic) bond motifs is 1. The predicted octanol–water partition coefficient (Wildman–Crippen LogP) is 1.75. The molecular formula is C16H15FN2O6S2. The highest BCUT2D eigenvalue weighted by molar-refractivity contribution is 7.93. The van der Waals surface area contributed by atoms with Crippen molar-refractivity contribution in [1.29, 1.82) is 0 Å². The fourth-order valence-electron chi connectivity index (χ4n) is 2.45. The molecule has 0 saturated heterocycles. The fourth-order valence-corrected chi connectivity index (χ4v) is 4.70. The Labute approximate surface area is 155 Å². The first-order valence-electron chi connectivity index (χ1n) is 7.74. The quantitative estimate of drug-likeness (QED) is 0.770. The lowest BCUT2D eigenvalue weighted by atomic mass is 10.2. The number of benzene rings is 2. The molecule has 2 N–H and O–H groups in total. The summed E-state index contributed by atoms with van der Waals surface area (Å²) in [5, 5.41) is 2.40. The predicted molar refractivity (Wildman–Crippen MR) is 95.5 cm³/mol. The zero-order valence-electron chi connectivity index (χ0n) is 14.0. The van der Waals surface area contributed by atoms with Crippen LogP contribution in [0.25, 0.3) is 0 Å². The summed E-state index contributed by atoms with van der Waals surface area (Å²) in [6, 6.07) is 6.87. The SMILES string of the molecule is CCS(=O)(=O)c1cc2c(c(S(=O)(=O)Nc3cccc(F)c3)c1)OCC(=O)N2. The van der Waals surface area contributed by atoms with Gasteiger partial charge in [0.2, 0.25) is 0 Å². The van der Waals surface area contributed by atoms with E-state index in [0.717, 1.165) is 24.3 Å². The lowest BCUT2D eigenvalue weighted by molar-refractivity contribution is -0.118. The fraction of sp³-hybridized carbons (Fsp3) is 0.188. The summed E-state index contributed by atoms with van der Waals surface area (Å²) < 4.78 is 70.8. The van der Waals surface area contributed by atoms with E-state index in [9.17, 15) is 26.0 Å². The molecule has 0 bridgehead atoms. The van der Waals surface area contributed by atoms with Crippen molar-refractivity contribution in [1.82, 2.24) is 0 Å². The molecule has 27 heavy (non-hydrogen) atoms. The van der Waals surface area contributed by atoms with E-state index in [4.69, 9.17) is 4.74 Å². The zero-order valence-corrected chi connectivity index (χ0v) is 15.7. The molecule has 11 heteroatoms. The highest BCUT2D eigenvalue weighted by atomic mass is 32.2. The van der Waals surface area contributed by atoms with Gasteiger partial charge < -0.3 is 10.1 Å². The Morgan fingerprint density at radius 2 is 1.93 bits per heavy atom. The van der Waals surface area contributed by atoms with Crippen LogP contribution in [0.3, 0.4) is 0 Å².